The Morgan fingerprint density at radius 2 is 1.49 bits per heavy atom. The molecule has 0 amide bonds. The molecule has 5 heteroatoms. The molecule has 2 unspecified atom stereocenters. The van der Waals surface area contributed by atoms with Gasteiger partial charge < -0.3 is 10.1 Å². The van der Waals surface area contributed by atoms with Crippen molar-refractivity contribution in [3.05, 3.63) is 47.2 Å². The lowest BCUT2D eigenvalue weighted by atomic mass is 9.76. The molecular formula is C34H54F3NO. The molecule has 2 atom stereocenters. The SMILES string of the molecule is C1CCC(CCNC2CCCCC2)CC1.CC/C=C(\CC1CCCC(c2ccc(C(F)(F)F)cc2)C1)OCC. The van der Waals surface area contributed by atoms with E-state index in [0.717, 1.165) is 55.4 Å². The van der Waals surface area contributed by atoms with Crippen LogP contribution in [-0.4, -0.2) is 19.2 Å². The Morgan fingerprint density at radius 1 is 0.846 bits per heavy atom. The van der Waals surface area contributed by atoms with E-state index in [1.165, 1.54) is 95.7 Å². The monoisotopic (exact) mass is 549 g/mol. The summed E-state index contributed by atoms with van der Waals surface area (Å²) in [5, 5.41) is 3.77. The van der Waals surface area contributed by atoms with Crippen LogP contribution < -0.4 is 5.32 Å². The zero-order valence-corrected chi connectivity index (χ0v) is 24.7. The Kier molecular flexibility index (Phi) is 14.3. The van der Waals surface area contributed by atoms with Gasteiger partial charge in [0, 0.05) is 12.5 Å². The van der Waals surface area contributed by atoms with Gasteiger partial charge in [0.15, 0.2) is 0 Å². The average Bonchev–Trinajstić information content (AvgIpc) is 2.95. The van der Waals surface area contributed by atoms with Crippen LogP contribution in [-0.2, 0) is 10.9 Å². The number of hydrogen-bond acceptors (Lipinski definition) is 2. The fourth-order valence-electron chi connectivity index (χ4n) is 6.90. The van der Waals surface area contributed by atoms with Gasteiger partial charge in [-0.15, -0.1) is 0 Å². The van der Waals surface area contributed by atoms with Crippen molar-refractivity contribution in [2.75, 3.05) is 13.2 Å². The van der Waals surface area contributed by atoms with Crippen molar-refractivity contribution in [1.29, 1.82) is 0 Å². The second-order valence-electron chi connectivity index (χ2n) is 12.1. The molecule has 1 aromatic rings. The number of nitrogens with one attached hydrogen (secondary N) is 1. The molecule has 0 aliphatic heterocycles. The van der Waals surface area contributed by atoms with E-state index in [4.69, 9.17) is 4.74 Å². The van der Waals surface area contributed by atoms with Gasteiger partial charge in [-0.3, -0.25) is 0 Å². The van der Waals surface area contributed by atoms with Gasteiger partial charge in [-0.25, -0.2) is 0 Å². The summed E-state index contributed by atoms with van der Waals surface area (Å²) in [5.74, 6) is 3.03. The van der Waals surface area contributed by atoms with Crippen LogP contribution in [0.1, 0.15) is 140 Å². The van der Waals surface area contributed by atoms with E-state index in [2.05, 4.69) is 18.3 Å². The third kappa shape index (κ3) is 11.9. The Labute approximate surface area is 236 Å². The first-order valence-electron chi connectivity index (χ1n) is 16.1. The number of rotatable bonds is 10. The van der Waals surface area contributed by atoms with Crippen LogP contribution in [0.15, 0.2) is 36.1 Å². The molecule has 39 heavy (non-hydrogen) atoms. The maximum Gasteiger partial charge on any atom is 0.416 e. The first-order valence-corrected chi connectivity index (χ1v) is 16.1. The quantitative estimate of drug-likeness (QED) is 0.293. The van der Waals surface area contributed by atoms with Crippen LogP contribution in [0.5, 0.6) is 0 Å². The number of alkyl halides is 3. The van der Waals surface area contributed by atoms with Crippen molar-refractivity contribution in [3.8, 4) is 0 Å². The fraction of sp³-hybridized carbons (Fsp3) is 0.765. The summed E-state index contributed by atoms with van der Waals surface area (Å²) in [4.78, 5) is 0. The van der Waals surface area contributed by atoms with Gasteiger partial charge in [0.25, 0.3) is 0 Å². The van der Waals surface area contributed by atoms with Crippen LogP contribution in [0.25, 0.3) is 0 Å². The highest BCUT2D eigenvalue weighted by atomic mass is 19.4. The van der Waals surface area contributed by atoms with Crippen LogP contribution in [0, 0.1) is 11.8 Å². The highest BCUT2D eigenvalue weighted by Crippen LogP contribution is 2.40. The molecule has 2 nitrogen and oxygen atoms in total. The summed E-state index contributed by atoms with van der Waals surface area (Å²) in [6, 6.07) is 6.59. The van der Waals surface area contributed by atoms with Crippen molar-refractivity contribution >= 4 is 0 Å². The Bertz CT molecular complexity index is 789. The van der Waals surface area contributed by atoms with Crippen molar-refractivity contribution < 1.29 is 17.9 Å². The molecule has 4 rings (SSSR count). The summed E-state index contributed by atoms with van der Waals surface area (Å²) >= 11 is 0. The van der Waals surface area contributed by atoms with Gasteiger partial charge in [-0.05, 0) is 99.9 Å². The van der Waals surface area contributed by atoms with E-state index in [1.54, 1.807) is 12.1 Å². The number of benzene rings is 1. The van der Waals surface area contributed by atoms with Gasteiger partial charge in [-0.2, -0.15) is 13.2 Å². The molecule has 0 spiro atoms. The molecule has 0 bridgehead atoms. The molecule has 3 aliphatic carbocycles. The standard InChI is InChI=1S/C20H27F3O.C14H27N/c1-3-6-19(24-4-2)14-15-7-5-8-17(13-15)16-9-11-18(12-10-16)20(21,22)23;1-3-7-13(8-4-1)11-12-15-14-9-5-2-6-10-14/h6,9-12,15,17H,3-5,7-8,13-14H2,1-2H3;13-15H,1-12H2/b19-6+;. The number of halogens is 3. The molecule has 0 radical (unpaired) electrons. The molecule has 3 aliphatic rings. The van der Waals surface area contributed by atoms with E-state index in [9.17, 15) is 13.2 Å². The van der Waals surface area contributed by atoms with E-state index in [-0.39, 0.29) is 0 Å². The highest BCUT2D eigenvalue weighted by Gasteiger charge is 2.31. The van der Waals surface area contributed by atoms with Crippen molar-refractivity contribution in [2.24, 2.45) is 11.8 Å². The number of hydrogen-bond donors (Lipinski definition) is 1. The first kappa shape index (κ1) is 32.0. The Morgan fingerprint density at radius 3 is 2.10 bits per heavy atom. The third-order valence-corrected chi connectivity index (χ3v) is 9.06. The lowest BCUT2D eigenvalue weighted by Crippen LogP contribution is -2.32. The lowest BCUT2D eigenvalue weighted by molar-refractivity contribution is -0.137. The molecule has 0 aromatic heterocycles. The molecule has 0 heterocycles. The summed E-state index contributed by atoms with van der Waals surface area (Å²) < 4.78 is 43.8. The predicted molar refractivity (Wildman–Crippen MR) is 157 cm³/mol. The third-order valence-electron chi connectivity index (χ3n) is 9.06. The zero-order chi connectivity index (χ0) is 27.9. The smallest absolute Gasteiger partial charge is 0.416 e. The highest BCUT2D eigenvalue weighted by molar-refractivity contribution is 5.27. The molecule has 222 valence electrons. The van der Waals surface area contributed by atoms with Crippen molar-refractivity contribution in [3.63, 3.8) is 0 Å². The lowest BCUT2D eigenvalue weighted by Gasteiger charge is -2.30. The van der Waals surface area contributed by atoms with Crippen LogP contribution >= 0.6 is 0 Å². The largest absolute Gasteiger partial charge is 0.499 e. The van der Waals surface area contributed by atoms with Gasteiger partial charge in [0.2, 0.25) is 0 Å². The zero-order valence-electron chi connectivity index (χ0n) is 24.7. The molecule has 1 aromatic carbocycles. The van der Waals surface area contributed by atoms with Gasteiger partial charge in [0.1, 0.15) is 0 Å². The predicted octanol–water partition coefficient (Wildman–Crippen LogP) is 10.6. The molecule has 0 saturated heterocycles. The summed E-state index contributed by atoms with van der Waals surface area (Å²) in [5.41, 5.74) is 0.466. The minimum Gasteiger partial charge on any atom is -0.499 e. The molecule has 3 fully saturated rings. The minimum atomic E-state index is -4.26. The summed E-state index contributed by atoms with van der Waals surface area (Å²) in [6.07, 6.45) is 20.4. The average molecular weight is 550 g/mol. The van der Waals surface area contributed by atoms with Crippen LogP contribution in [0.3, 0.4) is 0 Å². The van der Waals surface area contributed by atoms with Crippen molar-refractivity contribution in [2.45, 2.75) is 141 Å². The maximum atomic E-state index is 12.7. The second-order valence-corrected chi connectivity index (χ2v) is 12.1. The van der Waals surface area contributed by atoms with Crippen LogP contribution in [0.2, 0.25) is 0 Å². The minimum absolute atomic E-state index is 0.357. The number of allylic oxidation sites excluding steroid dienone is 2. The summed E-state index contributed by atoms with van der Waals surface area (Å²) in [7, 11) is 0. The topological polar surface area (TPSA) is 21.3 Å². The molecular weight excluding hydrogens is 495 g/mol. The molecule has 1 N–H and O–H groups in total. The first-order chi connectivity index (χ1) is 18.9. The van der Waals surface area contributed by atoms with Crippen LogP contribution in [0.4, 0.5) is 13.2 Å². The van der Waals surface area contributed by atoms with E-state index < -0.39 is 11.7 Å². The number of ether oxygens (including phenoxy) is 1. The normalized spacial score (nSPS) is 23.7. The van der Waals surface area contributed by atoms with Crippen molar-refractivity contribution in [1.82, 2.24) is 5.32 Å². The van der Waals surface area contributed by atoms with E-state index in [0.29, 0.717) is 18.4 Å². The van der Waals surface area contributed by atoms with E-state index in [1.807, 2.05) is 6.92 Å². The van der Waals surface area contributed by atoms with Gasteiger partial charge >= 0.3 is 6.18 Å². The molecule has 3 saturated carbocycles. The van der Waals surface area contributed by atoms with E-state index >= 15 is 0 Å². The fourth-order valence-corrected chi connectivity index (χ4v) is 6.90. The van der Waals surface area contributed by atoms with Gasteiger partial charge in [0.05, 0.1) is 17.9 Å². The maximum absolute atomic E-state index is 12.7. The second kappa shape index (κ2) is 17.4. The Hall–Kier alpha value is -1.49. The Balaban J connectivity index is 0.000000239. The van der Waals surface area contributed by atoms with Gasteiger partial charge in [-0.1, -0.05) is 76.8 Å². The summed E-state index contributed by atoms with van der Waals surface area (Å²) in [6.45, 7) is 6.07.